The number of amides is 1. The number of piperidine rings is 1. The van der Waals surface area contributed by atoms with E-state index in [1.165, 1.54) is 13.2 Å². The number of anilines is 1. The van der Waals surface area contributed by atoms with Crippen molar-refractivity contribution in [3.63, 3.8) is 0 Å². The quantitative estimate of drug-likeness (QED) is 0.711. The molecule has 5 heteroatoms. The fraction of sp³-hybridized carbons (Fsp3) is 0.462. The summed E-state index contributed by atoms with van der Waals surface area (Å²) in [6.45, 7) is 0.868. The Hall–Kier alpha value is -1.75. The molecule has 1 saturated heterocycles. The van der Waals surface area contributed by atoms with Gasteiger partial charge in [0.1, 0.15) is 11.5 Å². The second-order valence-electron chi connectivity index (χ2n) is 4.37. The first kappa shape index (κ1) is 12.7. The molecule has 0 spiro atoms. The van der Waals surface area contributed by atoms with Crippen molar-refractivity contribution in [1.82, 2.24) is 5.32 Å². The number of aromatic hydroxyl groups is 1. The summed E-state index contributed by atoms with van der Waals surface area (Å²) in [6, 6.07) is 4.64. The van der Waals surface area contributed by atoms with Gasteiger partial charge in [0.25, 0.3) is 0 Å². The van der Waals surface area contributed by atoms with Crippen LogP contribution in [0.15, 0.2) is 18.2 Å². The van der Waals surface area contributed by atoms with Crippen LogP contribution in [0.3, 0.4) is 0 Å². The molecule has 1 amide bonds. The first-order valence-corrected chi connectivity index (χ1v) is 6.12. The molecule has 0 unspecified atom stereocenters. The molecule has 0 bridgehead atoms. The van der Waals surface area contributed by atoms with Gasteiger partial charge >= 0.3 is 0 Å². The van der Waals surface area contributed by atoms with Crippen LogP contribution in [0.4, 0.5) is 5.69 Å². The molecule has 1 aromatic rings. The third-order valence-corrected chi connectivity index (χ3v) is 3.09. The molecular formula is C13H18N2O3. The maximum atomic E-state index is 12.0. The Morgan fingerprint density at radius 3 is 2.94 bits per heavy atom. The Kier molecular flexibility index (Phi) is 4.04. The summed E-state index contributed by atoms with van der Waals surface area (Å²) in [5.41, 5.74) is 0.410. The normalized spacial score (nSPS) is 19.3. The van der Waals surface area contributed by atoms with E-state index in [-0.39, 0.29) is 17.7 Å². The van der Waals surface area contributed by atoms with Gasteiger partial charge in [-0.25, -0.2) is 0 Å². The van der Waals surface area contributed by atoms with Gasteiger partial charge in [0.15, 0.2) is 0 Å². The van der Waals surface area contributed by atoms with Gasteiger partial charge in [-0.3, -0.25) is 4.79 Å². The van der Waals surface area contributed by atoms with E-state index in [2.05, 4.69) is 10.6 Å². The second kappa shape index (κ2) is 5.73. The number of rotatable bonds is 3. The van der Waals surface area contributed by atoms with E-state index < -0.39 is 0 Å². The van der Waals surface area contributed by atoms with Crippen molar-refractivity contribution in [1.29, 1.82) is 0 Å². The van der Waals surface area contributed by atoms with Crippen LogP contribution in [0.25, 0.3) is 0 Å². The lowest BCUT2D eigenvalue weighted by molar-refractivity contribution is -0.118. The van der Waals surface area contributed by atoms with Gasteiger partial charge in [0.2, 0.25) is 5.91 Å². The summed E-state index contributed by atoms with van der Waals surface area (Å²) < 4.78 is 4.99. The zero-order valence-corrected chi connectivity index (χ0v) is 10.4. The number of hydrogen-bond donors (Lipinski definition) is 3. The molecule has 1 aliphatic rings. The number of hydrogen-bond acceptors (Lipinski definition) is 4. The molecule has 3 N–H and O–H groups in total. The lowest BCUT2D eigenvalue weighted by Crippen LogP contribution is -2.43. The molecule has 1 atom stereocenters. The van der Waals surface area contributed by atoms with Crippen molar-refractivity contribution in [2.45, 2.75) is 25.3 Å². The van der Waals surface area contributed by atoms with E-state index in [0.29, 0.717) is 11.4 Å². The molecule has 98 valence electrons. The Bertz CT molecular complexity index is 428. The van der Waals surface area contributed by atoms with Crippen molar-refractivity contribution >= 4 is 11.6 Å². The standard InChI is InChI=1S/C13H18N2O3/c1-18-9-5-6-10(12(16)8-9)15-13(17)11-4-2-3-7-14-11/h5-6,8,11,14,16H,2-4,7H2,1H3,(H,15,17)/t11-/m1/s1. The molecule has 1 heterocycles. The smallest absolute Gasteiger partial charge is 0.241 e. The molecule has 0 aliphatic carbocycles. The van der Waals surface area contributed by atoms with Crippen LogP contribution in [-0.2, 0) is 4.79 Å². The van der Waals surface area contributed by atoms with Crippen molar-refractivity contribution in [2.75, 3.05) is 19.0 Å². The molecule has 18 heavy (non-hydrogen) atoms. The van der Waals surface area contributed by atoms with Crippen LogP contribution in [-0.4, -0.2) is 30.7 Å². The SMILES string of the molecule is COc1ccc(NC(=O)[C@H]2CCCCN2)c(O)c1. The zero-order chi connectivity index (χ0) is 13.0. The Labute approximate surface area is 106 Å². The Morgan fingerprint density at radius 2 is 2.33 bits per heavy atom. The summed E-state index contributed by atoms with van der Waals surface area (Å²) in [4.78, 5) is 12.0. The van der Waals surface area contributed by atoms with E-state index in [1.54, 1.807) is 12.1 Å². The van der Waals surface area contributed by atoms with Crippen molar-refractivity contribution in [2.24, 2.45) is 0 Å². The molecule has 0 aromatic heterocycles. The van der Waals surface area contributed by atoms with Crippen molar-refractivity contribution < 1.29 is 14.6 Å². The minimum absolute atomic E-state index is 0.0125. The Balaban J connectivity index is 2.02. The highest BCUT2D eigenvalue weighted by Gasteiger charge is 2.21. The number of phenolic OH excluding ortho intramolecular Hbond substituents is 1. The third-order valence-electron chi connectivity index (χ3n) is 3.09. The lowest BCUT2D eigenvalue weighted by atomic mass is 10.0. The highest BCUT2D eigenvalue weighted by Crippen LogP contribution is 2.28. The predicted molar refractivity (Wildman–Crippen MR) is 68.9 cm³/mol. The minimum atomic E-state index is -0.166. The topological polar surface area (TPSA) is 70.6 Å². The summed E-state index contributed by atoms with van der Waals surface area (Å²) in [5, 5.41) is 15.6. The third kappa shape index (κ3) is 2.92. The van der Waals surface area contributed by atoms with E-state index in [0.717, 1.165) is 25.8 Å². The van der Waals surface area contributed by atoms with Gasteiger partial charge in [-0.05, 0) is 31.5 Å². The summed E-state index contributed by atoms with van der Waals surface area (Å²) >= 11 is 0. The number of phenols is 1. The molecule has 1 aromatic carbocycles. The van der Waals surface area contributed by atoms with E-state index in [1.807, 2.05) is 0 Å². The highest BCUT2D eigenvalue weighted by atomic mass is 16.5. The average Bonchev–Trinajstić information content (AvgIpc) is 2.42. The van der Waals surface area contributed by atoms with Crippen LogP contribution in [0.5, 0.6) is 11.5 Å². The summed E-state index contributed by atoms with van der Waals surface area (Å²) in [7, 11) is 1.53. The molecular weight excluding hydrogens is 232 g/mol. The maximum absolute atomic E-state index is 12.0. The second-order valence-corrected chi connectivity index (χ2v) is 4.37. The first-order valence-electron chi connectivity index (χ1n) is 6.12. The van der Waals surface area contributed by atoms with Gasteiger partial charge in [0, 0.05) is 6.07 Å². The number of carbonyl (C=O) groups is 1. The largest absolute Gasteiger partial charge is 0.506 e. The molecule has 1 fully saturated rings. The number of carbonyl (C=O) groups excluding carboxylic acids is 1. The van der Waals surface area contributed by atoms with Crippen LogP contribution < -0.4 is 15.4 Å². The van der Waals surface area contributed by atoms with Crippen LogP contribution in [0.2, 0.25) is 0 Å². The highest BCUT2D eigenvalue weighted by molar-refractivity contribution is 5.96. The number of nitrogens with one attached hydrogen (secondary N) is 2. The molecule has 5 nitrogen and oxygen atoms in total. The van der Waals surface area contributed by atoms with Gasteiger partial charge in [-0.15, -0.1) is 0 Å². The zero-order valence-electron chi connectivity index (χ0n) is 10.4. The van der Waals surface area contributed by atoms with E-state index in [9.17, 15) is 9.90 Å². The molecule has 0 saturated carbocycles. The van der Waals surface area contributed by atoms with Gasteiger partial charge in [0.05, 0.1) is 18.8 Å². The maximum Gasteiger partial charge on any atom is 0.241 e. The fourth-order valence-electron chi connectivity index (χ4n) is 2.04. The predicted octanol–water partition coefficient (Wildman–Crippen LogP) is 1.48. The number of ether oxygens (including phenoxy) is 1. The molecule has 2 rings (SSSR count). The van der Waals surface area contributed by atoms with Crippen LogP contribution in [0, 0.1) is 0 Å². The average molecular weight is 250 g/mol. The van der Waals surface area contributed by atoms with E-state index >= 15 is 0 Å². The van der Waals surface area contributed by atoms with E-state index in [4.69, 9.17) is 4.74 Å². The van der Waals surface area contributed by atoms with Crippen LogP contribution >= 0.6 is 0 Å². The lowest BCUT2D eigenvalue weighted by Gasteiger charge is -2.22. The fourth-order valence-corrected chi connectivity index (χ4v) is 2.04. The van der Waals surface area contributed by atoms with Crippen molar-refractivity contribution in [3.05, 3.63) is 18.2 Å². The number of methoxy groups -OCH3 is 1. The minimum Gasteiger partial charge on any atom is -0.506 e. The van der Waals surface area contributed by atoms with Gasteiger partial charge in [-0.2, -0.15) is 0 Å². The van der Waals surface area contributed by atoms with Gasteiger partial charge in [-0.1, -0.05) is 6.42 Å². The van der Waals surface area contributed by atoms with Gasteiger partial charge < -0.3 is 20.5 Å². The Morgan fingerprint density at radius 1 is 1.50 bits per heavy atom. The molecule has 0 radical (unpaired) electrons. The number of benzene rings is 1. The van der Waals surface area contributed by atoms with Crippen LogP contribution in [0.1, 0.15) is 19.3 Å². The monoisotopic (exact) mass is 250 g/mol. The first-order chi connectivity index (χ1) is 8.70. The summed E-state index contributed by atoms with van der Waals surface area (Å²) in [6.07, 6.45) is 3.00. The molecule has 1 aliphatic heterocycles. The van der Waals surface area contributed by atoms with Crippen molar-refractivity contribution in [3.8, 4) is 11.5 Å². The summed E-state index contributed by atoms with van der Waals surface area (Å²) in [5.74, 6) is 0.468.